The van der Waals surface area contributed by atoms with E-state index in [1.165, 1.54) is 0 Å². The lowest BCUT2D eigenvalue weighted by Crippen LogP contribution is -2.36. The molecule has 2 heterocycles. The first-order chi connectivity index (χ1) is 9.70. The summed E-state index contributed by atoms with van der Waals surface area (Å²) in [6.45, 7) is 4.12. The van der Waals surface area contributed by atoms with Gasteiger partial charge in [-0.25, -0.2) is 4.98 Å². The maximum absolute atomic E-state index is 11.9. The number of rotatable bonds is 7. The summed E-state index contributed by atoms with van der Waals surface area (Å²) in [4.78, 5) is 16.0. The minimum absolute atomic E-state index is 0. The zero-order valence-electron chi connectivity index (χ0n) is 12.9. The highest BCUT2D eigenvalue weighted by Gasteiger charge is 2.29. The average molecular weight is 353 g/mol. The number of halogens is 2. The van der Waals surface area contributed by atoms with Gasteiger partial charge in [0, 0.05) is 32.0 Å². The molecule has 3 N–H and O–H groups in total. The fraction of sp³-hybridized carbons (Fsp3) is 0.714. The molecular weight excluding hydrogens is 327 g/mol. The largest absolute Gasteiger partial charge is 0.364 e. The summed E-state index contributed by atoms with van der Waals surface area (Å²) in [7, 11) is 0. The molecule has 1 fully saturated rings. The maximum atomic E-state index is 11.9. The lowest BCUT2D eigenvalue weighted by molar-refractivity contribution is -0.131. The number of imidazole rings is 1. The van der Waals surface area contributed by atoms with Crippen molar-refractivity contribution < 1.29 is 9.53 Å². The molecule has 0 aliphatic carbocycles. The van der Waals surface area contributed by atoms with Crippen molar-refractivity contribution in [3.8, 4) is 0 Å². The van der Waals surface area contributed by atoms with E-state index < -0.39 is 0 Å². The van der Waals surface area contributed by atoms with Crippen LogP contribution in [0.25, 0.3) is 0 Å². The molecular formula is C14H26Cl2N4O2. The molecule has 2 atom stereocenters. The third-order valence-electron chi connectivity index (χ3n) is 3.71. The first kappa shape index (κ1) is 21.2. The summed E-state index contributed by atoms with van der Waals surface area (Å²) < 4.78 is 7.67. The van der Waals surface area contributed by atoms with Crippen LogP contribution in [0.2, 0.25) is 0 Å². The summed E-state index contributed by atoms with van der Waals surface area (Å²) >= 11 is 0. The number of nitrogens with zero attached hydrogens (tertiary/aromatic N) is 2. The van der Waals surface area contributed by atoms with E-state index in [9.17, 15) is 4.79 Å². The number of unbranched alkanes of at least 4 members (excludes halogenated alkanes) is 1. The Kier molecular flexibility index (Phi) is 10.4. The zero-order chi connectivity index (χ0) is 14.4. The molecule has 0 saturated carbocycles. The molecule has 128 valence electrons. The van der Waals surface area contributed by atoms with Crippen molar-refractivity contribution in [2.75, 3.05) is 13.1 Å². The highest BCUT2D eigenvalue weighted by molar-refractivity contribution is 5.85. The van der Waals surface area contributed by atoms with Gasteiger partial charge in [0.15, 0.2) is 0 Å². The second-order valence-corrected chi connectivity index (χ2v) is 5.23. The van der Waals surface area contributed by atoms with E-state index in [0.717, 1.165) is 38.1 Å². The van der Waals surface area contributed by atoms with Crippen molar-refractivity contribution in [3.63, 3.8) is 0 Å². The van der Waals surface area contributed by atoms with Crippen molar-refractivity contribution in [2.24, 2.45) is 5.73 Å². The maximum Gasteiger partial charge on any atom is 0.249 e. The minimum Gasteiger partial charge on any atom is -0.364 e. The predicted molar refractivity (Wildman–Crippen MR) is 90.7 cm³/mol. The van der Waals surface area contributed by atoms with E-state index in [-0.39, 0.29) is 42.9 Å². The molecule has 0 aromatic carbocycles. The van der Waals surface area contributed by atoms with Gasteiger partial charge in [-0.15, -0.1) is 24.8 Å². The highest BCUT2D eigenvalue weighted by atomic mass is 35.5. The molecule has 1 aromatic heterocycles. The fourth-order valence-corrected chi connectivity index (χ4v) is 2.44. The Morgan fingerprint density at radius 3 is 2.82 bits per heavy atom. The van der Waals surface area contributed by atoms with Crippen molar-refractivity contribution in [1.29, 1.82) is 0 Å². The number of hydrogen-bond donors (Lipinski definition) is 2. The van der Waals surface area contributed by atoms with E-state index >= 15 is 0 Å². The number of nitrogens with two attached hydrogens (primary N) is 1. The van der Waals surface area contributed by atoms with Gasteiger partial charge in [-0.1, -0.05) is 0 Å². The number of carbonyl (C=O) groups excluding carboxylic acids is 1. The molecule has 8 heteroatoms. The van der Waals surface area contributed by atoms with E-state index in [0.29, 0.717) is 13.1 Å². The Labute approximate surface area is 144 Å². The van der Waals surface area contributed by atoms with Crippen LogP contribution in [-0.4, -0.2) is 40.8 Å². The number of amides is 1. The molecule has 1 aliphatic rings. The van der Waals surface area contributed by atoms with Gasteiger partial charge in [0.2, 0.25) is 5.91 Å². The second kappa shape index (κ2) is 10.8. The van der Waals surface area contributed by atoms with Gasteiger partial charge < -0.3 is 20.4 Å². The molecule has 6 nitrogen and oxygen atoms in total. The van der Waals surface area contributed by atoms with Crippen LogP contribution in [0.3, 0.4) is 0 Å². The van der Waals surface area contributed by atoms with Crippen LogP contribution in [0.5, 0.6) is 0 Å². The van der Waals surface area contributed by atoms with E-state index in [1.807, 2.05) is 19.3 Å². The summed E-state index contributed by atoms with van der Waals surface area (Å²) in [6, 6.07) is 0. The number of carbonyl (C=O) groups is 1. The fourth-order valence-electron chi connectivity index (χ4n) is 2.44. The van der Waals surface area contributed by atoms with E-state index in [4.69, 9.17) is 10.5 Å². The van der Waals surface area contributed by atoms with E-state index in [2.05, 4.69) is 14.9 Å². The highest BCUT2D eigenvalue weighted by Crippen LogP contribution is 2.18. The number of aromatic nitrogens is 2. The van der Waals surface area contributed by atoms with Crippen molar-refractivity contribution >= 4 is 30.7 Å². The van der Waals surface area contributed by atoms with E-state index in [1.54, 1.807) is 0 Å². The topological polar surface area (TPSA) is 82.2 Å². The molecule has 0 unspecified atom stereocenters. The molecule has 1 saturated heterocycles. The average Bonchev–Trinajstić information content (AvgIpc) is 3.07. The van der Waals surface area contributed by atoms with Crippen LogP contribution in [0.4, 0.5) is 0 Å². The smallest absolute Gasteiger partial charge is 0.249 e. The Balaban J connectivity index is 0.00000220. The van der Waals surface area contributed by atoms with Gasteiger partial charge in [0.1, 0.15) is 11.9 Å². The summed E-state index contributed by atoms with van der Waals surface area (Å²) in [5, 5.41) is 2.93. The predicted octanol–water partition coefficient (Wildman–Crippen LogP) is 1.44. The second-order valence-electron chi connectivity index (χ2n) is 5.23. The van der Waals surface area contributed by atoms with Gasteiger partial charge in [0.05, 0.1) is 6.10 Å². The Bertz CT molecular complexity index is 442. The molecule has 2 rings (SSSR count). The molecule has 0 radical (unpaired) electrons. The van der Waals surface area contributed by atoms with Crippen LogP contribution in [0.15, 0.2) is 12.4 Å². The Morgan fingerprint density at radius 2 is 2.23 bits per heavy atom. The number of nitrogens with one attached hydrogen (secondary N) is 1. The molecule has 1 amide bonds. The first-order valence-corrected chi connectivity index (χ1v) is 7.31. The molecule has 0 bridgehead atoms. The van der Waals surface area contributed by atoms with Gasteiger partial charge >= 0.3 is 0 Å². The van der Waals surface area contributed by atoms with Crippen LogP contribution in [-0.2, 0) is 16.1 Å². The molecule has 1 aliphatic heterocycles. The van der Waals surface area contributed by atoms with Crippen molar-refractivity contribution in [2.45, 2.75) is 51.4 Å². The Morgan fingerprint density at radius 1 is 1.45 bits per heavy atom. The summed E-state index contributed by atoms with van der Waals surface area (Å²) in [5.41, 5.74) is 5.53. The monoisotopic (exact) mass is 352 g/mol. The van der Waals surface area contributed by atoms with Crippen LogP contribution < -0.4 is 11.1 Å². The molecule has 1 aromatic rings. The number of hydrogen-bond acceptors (Lipinski definition) is 4. The first-order valence-electron chi connectivity index (χ1n) is 7.31. The normalized spacial score (nSPS) is 20.1. The quantitative estimate of drug-likeness (QED) is 0.727. The van der Waals surface area contributed by atoms with Crippen molar-refractivity contribution in [1.82, 2.24) is 14.9 Å². The summed E-state index contributed by atoms with van der Waals surface area (Å²) in [5.74, 6) is 1.03. The van der Waals surface area contributed by atoms with Crippen molar-refractivity contribution in [3.05, 3.63) is 18.2 Å². The Hall–Kier alpha value is -0.820. The van der Waals surface area contributed by atoms with Gasteiger partial charge in [-0.05, 0) is 32.6 Å². The number of aryl methyl sites for hydroxylation is 2. The lowest BCUT2D eigenvalue weighted by Gasteiger charge is -2.12. The molecule has 22 heavy (non-hydrogen) atoms. The van der Waals surface area contributed by atoms with Gasteiger partial charge in [-0.3, -0.25) is 4.79 Å². The number of ether oxygens (including phenoxy) is 1. The summed E-state index contributed by atoms with van der Waals surface area (Å²) in [6.07, 6.45) is 7.17. The van der Waals surface area contributed by atoms with Crippen LogP contribution >= 0.6 is 24.8 Å². The van der Waals surface area contributed by atoms with Crippen LogP contribution in [0, 0.1) is 6.92 Å². The van der Waals surface area contributed by atoms with Crippen LogP contribution in [0.1, 0.15) is 31.5 Å². The zero-order valence-corrected chi connectivity index (χ0v) is 14.5. The minimum atomic E-state index is -0.306. The van der Waals surface area contributed by atoms with Gasteiger partial charge in [-0.2, -0.15) is 0 Å². The standard InChI is InChI=1S/C14H24N4O2.2ClH/c1-11-16-7-9-18(11)8-3-2-6-17-14(19)13-5-4-12(10-15)20-13;;/h7,9,12-13H,2-6,8,10,15H2,1H3,(H,17,19);2*1H/t12-,13+;;/m1../s1. The SMILES string of the molecule is Cc1nccn1CCCCNC(=O)[C@@H]1CC[C@H](CN)O1.Cl.Cl. The van der Waals surface area contributed by atoms with Gasteiger partial charge in [0.25, 0.3) is 0 Å². The lowest BCUT2D eigenvalue weighted by atomic mass is 10.2. The third kappa shape index (κ3) is 6.12. The third-order valence-corrected chi connectivity index (χ3v) is 3.71. The molecule has 0 spiro atoms.